The molecule has 0 radical (unpaired) electrons. The first-order valence-electron chi connectivity index (χ1n) is 11.3. The molecule has 35 heavy (non-hydrogen) atoms. The average molecular weight is 490 g/mol. The summed E-state index contributed by atoms with van der Waals surface area (Å²) in [6.07, 6.45) is 0.674. The molecule has 0 fully saturated rings. The van der Waals surface area contributed by atoms with Gasteiger partial charge in [-0.3, -0.25) is 14.5 Å². The lowest BCUT2D eigenvalue weighted by atomic mass is 9.72. The summed E-state index contributed by atoms with van der Waals surface area (Å²) in [5.41, 5.74) is 2.91. The highest BCUT2D eigenvalue weighted by Crippen LogP contribution is 2.48. The number of allylic oxidation sites excluding steroid dienone is 2. The Labute approximate surface area is 206 Å². The van der Waals surface area contributed by atoms with Crippen LogP contribution in [0.25, 0.3) is 0 Å². The molecule has 0 saturated carbocycles. The van der Waals surface area contributed by atoms with E-state index in [4.69, 9.17) is 11.6 Å². The van der Waals surface area contributed by atoms with Gasteiger partial charge < -0.3 is 5.11 Å². The number of carbonyl (C=O) groups is 3. The van der Waals surface area contributed by atoms with Crippen molar-refractivity contribution >= 4 is 34.9 Å². The van der Waals surface area contributed by atoms with E-state index < -0.39 is 17.7 Å². The lowest BCUT2D eigenvalue weighted by Crippen LogP contribution is -2.42. The minimum atomic E-state index is -1.15. The Bertz CT molecular complexity index is 1370. The van der Waals surface area contributed by atoms with Gasteiger partial charge in [0.25, 0.3) is 0 Å². The maximum absolute atomic E-state index is 13.6. The monoisotopic (exact) mass is 489 g/mol. The Morgan fingerprint density at radius 2 is 1.63 bits per heavy atom. The number of hydrogen-bond donors (Lipinski definition) is 1. The van der Waals surface area contributed by atoms with Crippen LogP contribution in [0, 0.1) is 5.82 Å². The van der Waals surface area contributed by atoms with Crippen molar-refractivity contribution in [2.24, 2.45) is 0 Å². The third-order valence-electron chi connectivity index (χ3n) is 6.71. The number of hydrogen-bond acceptors (Lipinski definition) is 3. The van der Waals surface area contributed by atoms with Crippen molar-refractivity contribution in [1.29, 1.82) is 0 Å². The highest BCUT2D eigenvalue weighted by atomic mass is 35.5. The summed E-state index contributed by atoms with van der Waals surface area (Å²) >= 11 is 6.46. The van der Waals surface area contributed by atoms with E-state index in [1.807, 2.05) is 30.3 Å². The number of anilines is 1. The molecule has 1 aliphatic carbocycles. The number of Topliss-reactive ketones (excluding diaryl/α,β-unsaturated/α-hetero) is 1. The second-order valence-electron chi connectivity index (χ2n) is 8.81. The number of carboxylic acids is 1. The number of nitrogens with zero attached hydrogens (tertiary/aromatic N) is 1. The molecule has 5 rings (SSSR count). The lowest BCUT2D eigenvalue weighted by Gasteiger charge is -2.40. The molecule has 5 nitrogen and oxygen atoms in total. The van der Waals surface area contributed by atoms with E-state index in [9.17, 15) is 23.9 Å². The summed E-state index contributed by atoms with van der Waals surface area (Å²) in [6, 6.07) is 19.6. The molecule has 0 spiro atoms. The van der Waals surface area contributed by atoms with Gasteiger partial charge in [0.15, 0.2) is 5.78 Å². The maximum atomic E-state index is 13.6. The van der Waals surface area contributed by atoms with Crippen molar-refractivity contribution in [3.63, 3.8) is 0 Å². The van der Waals surface area contributed by atoms with Crippen LogP contribution in [0.4, 0.5) is 10.1 Å². The molecule has 7 heteroatoms. The number of benzene rings is 3. The summed E-state index contributed by atoms with van der Waals surface area (Å²) in [4.78, 5) is 40.2. The number of carboxylic acid groups (broad SMARTS) is 1. The molecule has 2 atom stereocenters. The summed E-state index contributed by atoms with van der Waals surface area (Å²) in [5, 5.41) is 9.71. The zero-order chi connectivity index (χ0) is 24.7. The van der Waals surface area contributed by atoms with E-state index in [1.165, 1.54) is 35.2 Å². The van der Waals surface area contributed by atoms with Crippen LogP contribution in [0.3, 0.4) is 0 Å². The number of amides is 1. The van der Waals surface area contributed by atoms with Crippen molar-refractivity contribution in [3.05, 3.63) is 112 Å². The summed E-state index contributed by atoms with van der Waals surface area (Å²) in [6.45, 7) is 0. The normalized spacial score (nSPS) is 20.1. The standard InChI is InChI=1S/C28H21ClFNO4/c29-22-11-8-18(28(34)35)12-23(22)31-24-13-19(16-4-2-1-3-5-16)14-25(32)27(24)21(15-26(31)33)17-6-9-20(30)10-7-17/h1-12,19,21H,13-15H2,(H,34,35). The van der Waals surface area contributed by atoms with Gasteiger partial charge in [-0.1, -0.05) is 54.1 Å². The average Bonchev–Trinajstić information content (AvgIpc) is 2.85. The Hall–Kier alpha value is -3.77. The smallest absolute Gasteiger partial charge is 0.335 e. The van der Waals surface area contributed by atoms with Crippen LogP contribution in [-0.4, -0.2) is 22.8 Å². The number of carbonyl (C=O) groups excluding carboxylic acids is 2. The minimum absolute atomic E-state index is 0.0123. The SMILES string of the molecule is O=C1CC(c2ccccc2)CC2=C1C(c1ccc(F)cc1)CC(=O)N2c1cc(C(=O)O)ccc1Cl. The van der Waals surface area contributed by atoms with Gasteiger partial charge in [-0.2, -0.15) is 0 Å². The van der Waals surface area contributed by atoms with E-state index >= 15 is 0 Å². The second-order valence-corrected chi connectivity index (χ2v) is 9.22. The van der Waals surface area contributed by atoms with E-state index in [1.54, 1.807) is 12.1 Å². The molecule has 0 bridgehead atoms. The van der Waals surface area contributed by atoms with Gasteiger partial charge in [-0.05, 0) is 53.8 Å². The van der Waals surface area contributed by atoms with E-state index in [0.717, 1.165) is 5.56 Å². The van der Waals surface area contributed by atoms with Gasteiger partial charge in [0.2, 0.25) is 5.91 Å². The number of aromatic carboxylic acids is 1. The summed E-state index contributed by atoms with van der Waals surface area (Å²) in [7, 11) is 0. The van der Waals surface area contributed by atoms with E-state index in [0.29, 0.717) is 23.3 Å². The van der Waals surface area contributed by atoms with E-state index in [2.05, 4.69) is 0 Å². The topological polar surface area (TPSA) is 74.7 Å². The summed E-state index contributed by atoms with van der Waals surface area (Å²) in [5.74, 6) is -2.59. The first-order valence-corrected chi connectivity index (χ1v) is 11.6. The molecule has 3 aromatic rings. The predicted molar refractivity (Wildman–Crippen MR) is 130 cm³/mol. The van der Waals surface area contributed by atoms with Crippen molar-refractivity contribution in [3.8, 4) is 0 Å². The molecule has 0 saturated heterocycles. The predicted octanol–water partition coefficient (Wildman–Crippen LogP) is 6.10. The van der Waals surface area contributed by atoms with Crippen LogP contribution in [0.1, 0.15) is 52.6 Å². The van der Waals surface area contributed by atoms with Gasteiger partial charge >= 0.3 is 5.97 Å². The second kappa shape index (κ2) is 9.12. The molecule has 3 aromatic carbocycles. The van der Waals surface area contributed by atoms with E-state index in [-0.39, 0.29) is 46.7 Å². The van der Waals surface area contributed by atoms with Crippen LogP contribution in [-0.2, 0) is 9.59 Å². The quantitative estimate of drug-likeness (QED) is 0.480. The molecular formula is C28H21ClFNO4. The zero-order valence-corrected chi connectivity index (χ0v) is 19.3. The number of halogens is 2. The molecule has 1 aliphatic heterocycles. The highest BCUT2D eigenvalue weighted by molar-refractivity contribution is 6.34. The largest absolute Gasteiger partial charge is 0.478 e. The van der Waals surface area contributed by atoms with Crippen LogP contribution in [0.15, 0.2) is 84.1 Å². The molecule has 2 aliphatic rings. The van der Waals surface area contributed by atoms with Crippen LogP contribution >= 0.6 is 11.6 Å². The molecule has 2 unspecified atom stereocenters. The van der Waals surface area contributed by atoms with Gasteiger partial charge in [-0.25, -0.2) is 9.18 Å². The molecule has 176 valence electrons. The van der Waals surface area contributed by atoms with Gasteiger partial charge in [-0.15, -0.1) is 0 Å². The van der Waals surface area contributed by atoms with Crippen LogP contribution in [0.5, 0.6) is 0 Å². The van der Waals surface area contributed by atoms with Gasteiger partial charge in [0.05, 0.1) is 16.3 Å². The molecule has 1 amide bonds. The fourth-order valence-corrected chi connectivity index (χ4v) is 5.28. The van der Waals surface area contributed by atoms with Crippen molar-refractivity contribution in [2.45, 2.75) is 31.1 Å². The Morgan fingerprint density at radius 3 is 2.31 bits per heavy atom. The Balaban J connectivity index is 1.69. The molecular weight excluding hydrogens is 469 g/mol. The van der Waals surface area contributed by atoms with Crippen LogP contribution < -0.4 is 4.90 Å². The summed E-state index contributed by atoms with van der Waals surface area (Å²) < 4.78 is 13.6. The van der Waals surface area contributed by atoms with Crippen molar-refractivity contribution < 1.29 is 23.9 Å². The van der Waals surface area contributed by atoms with Gasteiger partial charge in [0.1, 0.15) is 5.82 Å². The van der Waals surface area contributed by atoms with Crippen LogP contribution in [0.2, 0.25) is 5.02 Å². The third-order valence-corrected chi connectivity index (χ3v) is 7.03. The maximum Gasteiger partial charge on any atom is 0.335 e. The molecule has 1 N–H and O–H groups in total. The fraction of sp³-hybridized carbons (Fsp3) is 0.179. The lowest BCUT2D eigenvalue weighted by molar-refractivity contribution is -0.120. The minimum Gasteiger partial charge on any atom is -0.478 e. The Morgan fingerprint density at radius 1 is 0.914 bits per heavy atom. The van der Waals surface area contributed by atoms with Gasteiger partial charge in [0, 0.05) is 30.0 Å². The number of ketones is 1. The fourth-order valence-electron chi connectivity index (χ4n) is 5.07. The third kappa shape index (κ3) is 4.26. The zero-order valence-electron chi connectivity index (χ0n) is 18.6. The first kappa shape index (κ1) is 23.0. The first-order chi connectivity index (χ1) is 16.8. The molecule has 0 aromatic heterocycles. The van der Waals surface area contributed by atoms with Crippen molar-refractivity contribution in [1.82, 2.24) is 0 Å². The number of rotatable bonds is 4. The highest BCUT2D eigenvalue weighted by Gasteiger charge is 2.43. The Kier molecular flexibility index (Phi) is 5.99. The van der Waals surface area contributed by atoms with Crippen molar-refractivity contribution in [2.75, 3.05) is 4.90 Å². The molecule has 1 heterocycles.